The van der Waals surface area contributed by atoms with Gasteiger partial charge in [-0.1, -0.05) is 105 Å². The molecule has 0 saturated heterocycles. The maximum absolute atomic E-state index is 6.66. The van der Waals surface area contributed by atoms with Crippen LogP contribution < -0.4 is 10.4 Å². The van der Waals surface area contributed by atoms with E-state index in [1.54, 1.807) is 7.11 Å². The van der Waals surface area contributed by atoms with E-state index in [9.17, 15) is 0 Å². The van der Waals surface area contributed by atoms with E-state index in [1.165, 1.54) is 5.56 Å². The van der Waals surface area contributed by atoms with E-state index in [1.807, 2.05) is 54.6 Å². The van der Waals surface area contributed by atoms with E-state index in [0.717, 1.165) is 10.4 Å². The van der Waals surface area contributed by atoms with Crippen molar-refractivity contribution >= 4 is 18.9 Å². The molecule has 0 saturated carbocycles. The molecule has 4 heteroatoms. The molecule has 0 aliphatic carbocycles. The molecular formula is C25H30O3Si. The van der Waals surface area contributed by atoms with Crippen molar-refractivity contribution in [2.24, 2.45) is 5.41 Å². The first kappa shape index (κ1) is 21.5. The van der Waals surface area contributed by atoms with Gasteiger partial charge in [0.1, 0.15) is 0 Å². The molecule has 152 valence electrons. The van der Waals surface area contributed by atoms with E-state index >= 15 is 0 Å². The minimum atomic E-state index is -2.79. The zero-order chi connectivity index (χ0) is 20.6. The Kier molecular flexibility index (Phi) is 7.39. The van der Waals surface area contributed by atoms with Crippen molar-refractivity contribution in [3.63, 3.8) is 0 Å². The summed E-state index contributed by atoms with van der Waals surface area (Å²) >= 11 is 0. The third-order valence-electron chi connectivity index (χ3n) is 4.87. The van der Waals surface area contributed by atoms with Gasteiger partial charge in [0, 0.05) is 19.1 Å². The molecule has 0 radical (unpaired) electrons. The maximum Gasteiger partial charge on any atom is 0.406 e. The molecular weight excluding hydrogens is 376 g/mol. The molecule has 0 fully saturated rings. The van der Waals surface area contributed by atoms with E-state index in [0.29, 0.717) is 19.8 Å². The van der Waals surface area contributed by atoms with Gasteiger partial charge in [-0.15, -0.1) is 0 Å². The summed E-state index contributed by atoms with van der Waals surface area (Å²) in [6.45, 7) is 6.10. The Morgan fingerprint density at radius 2 is 1.17 bits per heavy atom. The lowest BCUT2D eigenvalue weighted by Crippen LogP contribution is -2.63. The van der Waals surface area contributed by atoms with E-state index in [4.69, 9.17) is 13.6 Å². The lowest BCUT2D eigenvalue weighted by Gasteiger charge is -2.34. The summed E-state index contributed by atoms with van der Waals surface area (Å²) in [4.78, 5) is 0. The topological polar surface area (TPSA) is 27.7 Å². The standard InChI is InChI=1S/C25H30O3Si/c1-25(2,20-27-19-22-13-7-4-8-14-22)21-28-29(26-3,23-15-9-5-10-16-23)24-17-11-6-12-18-24/h4-18H,19-21H2,1-3H3. The fourth-order valence-corrected chi connectivity index (χ4v) is 6.41. The molecule has 0 aromatic heterocycles. The van der Waals surface area contributed by atoms with Crippen LogP contribution in [0.4, 0.5) is 0 Å². The van der Waals surface area contributed by atoms with Crippen molar-refractivity contribution in [3.05, 3.63) is 96.6 Å². The first-order chi connectivity index (χ1) is 14.1. The van der Waals surface area contributed by atoms with Crippen LogP contribution in [0, 0.1) is 5.41 Å². The Balaban J connectivity index is 1.72. The van der Waals surface area contributed by atoms with Crippen molar-refractivity contribution in [1.82, 2.24) is 0 Å². The third-order valence-corrected chi connectivity index (χ3v) is 8.18. The number of rotatable bonds is 10. The van der Waals surface area contributed by atoms with Crippen LogP contribution in [0.1, 0.15) is 19.4 Å². The second-order valence-corrected chi connectivity index (χ2v) is 11.1. The molecule has 0 atom stereocenters. The zero-order valence-electron chi connectivity index (χ0n) is 17.5. The van der Waals surface area contributed by atoms with Crippen molar-refractivity contribution in [2.45, 2.75) is 20.5 Å². The predicted molar refractivity (Wildman–Crippen MR) is 121 cm³/mol. The Morgan fingerprint density at radius 3 is 1.66 bits per heavy atom. The Labute approximate surface area is 175 Å². The fraction of sp³-hybridized carbons (Fsp3) is 0.280. The van der Waals surface area contributed by atoms with Crippen LogP contribution in [0.3, 0.4) is 0 Å². The number of benzene rings is 3. The summed E-state index contributed by atoms with van der Waals surface area (Å²) in [6, 6.07) is 30.8. The molecule has 0 bridgehead atoms. The number of ether oxygens (including phenoxy) is 1. The Morgan fingerprint density at radius 1 is 0.690 bits per heavy atom. The summed E-state index contributed by atoms with van der Waals surface area (Å²) in [7, 11) is -1.04. The maximum atomic E-state index is 6.66. The van der Waals surface area contributed by atoms with Gasteiger partial charge in [-0.25, -0.2) is 0 Å². The second kappa shape index (κ2) is 9.99. The molecule has 0 unspecified atom stereocenters. The van der Waals surface area contributed by atoms with Gasteiger partial charge in [-0.2, -0.15) is 0 Å². The minimum Gasteiger partial charge on any atom is -0.391 e. The molecule has 0 amide bonds. The first-order valence-corrected chi connectivity index (χ1v) is 11.8. The van der Waals surface area contributed by atoms with E-state index < -0.39 is 8.56 Å². The van der Waals surface area contributed by atoms with Crippen molar-refractivity contribution in [1.29, 1.82) is 0 Å². The van der Waals surface area contributed by atoms with Gasteiger partial charge in [0.2, 0.25) is 0 Å². The molecule has 29 heavy (non-hydrogen) atoms. The highest BCUT2D eigenvalue weighted by Gasteiger charge is 2.43. The van der Waals surface area contributed by atoms with Crippen LogP contribution in [0.25, 0.3) is 0 Å². The number of hydrogen-bond donors (Lipinski definition) is 0. The average molecular weight is 407 g/mol. The summed E-state index contributed by atoms with van der Waals surface area (Å²) < 4.78 is 18.8. The highest BCUT2D eigenvalue weighted by Crippen LogP contribution is 2.20. The summed E-state index contributed by atoms with van der Waals surface area (Å²) in [5.74, 6) is 0. The Bertz CT molecular complexity index is 812. The quantitative estimate of drug-likeness (QED) is 0.474. The lowest BCUT2D eigenvalue weighted by molar-refractivity contribution is 0.0192. The van der Waals surface area contributed by atoms with Crippen molar-refractivity contribution < 1.29 is 13.6 Å². The molecule has 3 aromatic rings. The van der Waals surface area contributed by atoms with Crippen LogP contribution in [0.15, 0.2) is 91.0 Å². The smallest absolute Gasteiger partial charge is 0.391 e. The Hall–Kier alpha value is -2.24. The van der Waals surface area contributed by atoms with Gasteiger partial charge < -0.3 is 13.6 Å². The van der Waals surface area contributed by atoms with Crippen LogP contribution in [-0.4, -0.2) is 28.9 Å². The lowest BCUT2D eigenvalue weighted by atomic mass is 9.96. The zero-order valence-corrected chi connectivity index (χ0v) is 18.5. The monoisotopic (exact) mass is 406 g/mol. The van der Waals surface area contributed by atoms with Crippen LogP contribution in [-0.2, 0) is 20.2 Å². The van der Waals surface area contributed by atoms with Crippen molar-refractivity contribution in [2.75, 3.05) is 20.3 Å². The second-order valence-electron chi connectivity index (χ2n) is 7.98. The highest BCUT2D eigenvalue weighted by atomic mass is 28.4. The van der Waals surface area contributed by atoms with Gasteiger partial charge in [-0.05, 0) is 15.9 Å². The minimum absolute atomic E-state index is 0.144. The fourth-order valence-electron chi connectivity index (χ4n) is 3.30. The normalized spacial score (nSPS) is 12.1. The molecule has 3 rings (SSSR count). The SMILES string of the molecule is CO[Si](OCC(C)(C)COCc1ccccc1)(c1ccccc1)c1ccccc1. The van der Waals surface area contributed by atoms with Crippen LogP contribution >= 0.6 is 0 Å². The van der Waals surface area contributed by atoms with Crippen LogP contribution in [0.5, 0.6) is 0 Å². The summed E-state index contributed by atoms with van der Waals surface area (Å²) in [5, 5.41) is 2.21. The molecule has 3 nitrogen and oxygen atoms in total. The molecule has 0 aliphatic heterocycles. The molecule has 0 heterocycles. The molecule has 0 N–H and O–H groups in total. The largest absolute Gasteiger partial charge is 0.406 e. The first-order valence-electron chi connectivity index (χ1n) is 9.98. The van der Waals surface area contributed by atoms with E-state index in [2.05, 4.69) is 50.2 Å². The van der Waals surface area contributed by atoms with Gasteiger partial charge in [0.05, 0.1) is 13.2 Å². The predicted octanol–water partition coefficient (Wildman–Crippen LogP) is 4.15. The van der Waals surface area contributed by atoms with Gasteiger partial charge >= 0.3 is 8.56 Å². The van der Waals surface area contributed by atoms with Crippen molar-refractivity contribution in [3.8, 4) is 0 Å². The van der Waals surface area contributed by atoms with Gasteiger partial charge in [-0.3, -0.25) is 0 Å². The van der Waals surface area contributed by atoms with Gasteiger partial charge in [0.15, 0.2) is 0 Å². The highest BCUT2D eigenvalue weighted by molar-refractivity contribution is 6.92. The molecule has 3 aromatic carbocycles. The number of hydrogen-bond acceptors (Lipinski definition) is 3. The van der Waals surface area contributed by atoms with Crippen LogP contribution in [0.2, 0.25) is 0 Å². The third kappa shape index (κ3) is 5.64. The van der Waals surface area contributed by atoms with E-state index in [-0.39, 0.29) is 5.41 Å². The molecule has 0 spiro atoms. The summed E-state index contributed by atoms with van der Waals surface area (Å²) in [5.41, 5.74) is 1.04. The van der Waals surface area contributed by atoms with Gasteiger partial charge in [0.25, 0.3) is 0 Å². The summed E-state index contributed by atoms with van der Waals surface area (Å²) in [6.07, 6.45) is 0. The average Bonchev–Trinajstić information content (AvgIpc) is 2.77. The molecule has 0 aliphatic rings.